The minimum atomic E-state index is -0.154. The first kappa shape index (κ1) is 35.8. The Kier molecular flexibility index (Phi) is 8.21. The number of benzene rings is 8. The monoisotopic (exact) mass is 816 g/mol. The van der Waals surface area contributed by atoms with Gasteiger partial charge >= 0.3 is 0 Å². The molecule has 0 saturated carbocycles. The summed E-state index contributed by atoms with van der Waals surface area (Å²) >= 11 is 3.58. The summed E-state index contributed by atoms with van der Waals surface area (Å²) in [6.45, 7) is 4.70. The molecule has 1 aliphatic carbocycles. The Morgan fingerprint density at radius 1 is 0.377 bits per heavy atom. The number of nitrogens with zero attached hydrogens (tertiary/aromatic N) is 4. The van der Waals surface area contributed by atoms with E-state index in [1.807, 2.05) is 6.07 Å². The molecule has 12 rings (SSSR count). The van der Waals surface area contributed by atoms with Crippen molar-refractivity contribution in [1.29, 1.82) is 0 Å². The van der Waals surface area contributed by atoms with E-state index in [1.54, 1.807) is 22.7 Å². The fraction of sp³-hybridized carbons (Fsp3) is 0.0545. The van der Waals surface area contributed by atoms with Crippen molar-refractivity contribution >= 4 is 53.1 Å². The molecule has 0 N–H and O–H groups in total. The summed E-state index contributed by atoms with van der Waals surface area (Å²) in [5.74, 6) is 1.95. The predicted molar refractivity (Wildman–Crippen MR) is 256 cm³/mol. The van der Waals surface area contributed by atoms with Crippen molar-refractivity contribution in [2.24, 2.45) is 0 Å². The zero-order valence-electron chi connectivity index (χ0n) is 33.4. The van der Waals surface area contributed by atoms with Crippen molar-refractivity contribution in [2.75, 3.05) is 0 Å². The van der Waals surface area contributed by atoms with Crippen LogP contribution in [-0.2, 0) is 5.41 Å². The minimum Gasteiger partial charge on any atom is -0.236 e. The topological polar surface area (TPSA) is 51.6 Å². The molecule has 288 valence electrons. The highest BCUT2D eigenvalue weighted by atomic mass is 32.1. The number of aromatic nitrogens is 4. The second kappa shape index (κ2) is 14.0. The molecule has 0 fully saturated rings. The van der Waals surface area contributed by atoms with Crippen LogP contribution in [0.3, 0.4) is 0 Å². The van der Waals surface area contributed by atoms with Gasteiger partial charge in [0.2, 0.25) is 0 Å². The second-order valence-corrected chi connectivity index (χ2v) is 18.3. The number of hydrogen-bond donors (Lipinski definition) is 0. The van der Waals surface area contributed by atoms with E-state index in [0.29, 0.717) is 17.5 Å². The van der Waals surface area contributed by atoms with Gasteiger partial charge in [-0.2, -0.15) is 0 Å². The number of hydrogen-bond acceptors (Lipinski definition) is 6. The third kappa shape index (κ3) is 5.93. The molecule has 11 aromatic rings. The molecule has 61 heavy (non-hydrogen) atoms. The van der Waals surface area contributed by atoms with Crippen LogP contribution in [-0.4, -0.2) is 19.9 Å². The molecule has 1 aliphatic rings. The average molecular weight is 817 g/mol. The van der Waals surface area contributed by atoms with E-state index in [4.69, 9.17) is 19.9 Å². The lowest BCUT2D eigenvalue weighted by molar-refractivity contribution is 0.661. The summed E-state index contributed by atoms with van der Waals surface area (Å²) < 4.78 is 3.68. The highest BCUT2D eigenvalue weighted by Gasteiger charge is 2.37. The van der Waals surface area contributed by atoms with Crippen molar-refractivity contribution in [3.05, 3.63) is 193 Å². The van der Waals surface area contributed by atoms with E-state index in [2.05, 4.69) is 190 Å². The molecular weight excluding hydrogens is 781 g/mol. The third-order valence-electron chi connectivity index (χ3n) is 12.2. The molecule has 0 radical (unpaired) electrons. The van der Waals surface area contributed by atoms with Crippen molar-refractivity contribution in [1.82, 2.24) is 19.9 Å². The molecule has 0 spiro atoms. The Morgan fingerprint density at radius 2 is 0.984 bits per heavy atom. The fourth-order valence-corrected chi connectivity index (χ4v) is 11.4. The van der Waals surface area contributed by atoms with Gasteiger partial charge in [0.25, 0.3) is 0 Å². The molecule has 3 heterocycles. The van der Waals surface area contributed by atoms with Gasteiger partial charge in [0.05, 0.1) is 10.2 Å². The Labute approximate surface area is 361 Å². The van der Waals surface area contributed by atoms with Crippen LogP contribution in [0.15, 0.2) is 182 Å². The molecule has 0 amide bonds. The van der Waals surface area contributed by atoms with Crippen LogP contribution < -0.4 is 0 Å². The van der Waals surface area contributed by atoms with Gasteiger partial charge in [0.15, 0.2) is 17.5 Å². The molecular formula is C55H36N4S2. The Hall–Kier alpha value is -7.12. The maximum Gasteiger partial charge on any atom is 0.165 e. The largest absolute Gasteiger partial charge is 0.236 e. The zero-order chi connectivity index (χ0) is 40.7. The lowest BCUT2D eigenvalue weighted by Crippen LogP contribution is -2.14. The van der Waals surface area contributed by atoms with E-state index < -0.39 is 0 Å². The lowest BCUT2D eigenvalue weighted by atomic mass is 9.81. The summed E-state index contributed by atoms with van der Waals surface area (Å²) in [4.78, 5) is 20.7. The minimum absolute atomic E-state index is 0.154. The fourth-order valence-electron chi connectivity index (χ4n) is 9.05. The van der Waals surface area contributed by atoms with Gasteiger partial charge in [-0.15, -0.1) is 22.7 Å². The number of thiophene rings is 1. The zero-order valence-corrected chi connectivity index (χ0v) is 35.1. The summed E-state index contributed by atoms with van der Waals surface area (Å²) in [5, 5.41) is 3.52. The quantitative estimate of drug-likeness (QED) is 0.168. The first-order chi connectivity index (χ1) is 30.0. The van der Waals surface area contributed by atoms with Gasteiger partial charge in [0, 0.05) is 53.4 Å². The highest BCUT2D eigenvalue weighted by molar-refractivity contribution is 7.26. The first-order valence-electron chi connectivity index (χ1n) is 20.5. The number of fused-ring (bicyclic) bond motifs is 8. The molecule has 0 atom stereocenters. The van der Waals surface area contributed by atoms with Crippen LogP contribution in [0, 0.1) is 0 Å². The molecule has 3 aromatic heterocycles. The van der Waals surface area contributed by atoms with Gasteiger partial charge < -0.3 is 0 Å². The molecule has 0 aliphatic heterocycles. The standard InChI is InChI=1S/C55H36N4S2/c1-55(2)44-29-30-46-50(61-54(56-46)36-15-7-4-8-16-36)48(44)42-28-27-38(32-45(42)55)34-23-25-35(26-24-34)51-57-52(39-18-11-17-37(31-39)33-13-5-3-6-14-33)59-53(58-51)43-21-12-20-41-40-19-9-10-22-47(40)60-49(41)43/h3-32H,1-2H3. The molecule has 8 aromatic carbocycles. The average Bonchev–Trinajstić information content (AvgIpc) is 4.00. The van der Waals surface area contributed by atoms with Gasteiger partial charge in [-0.25, -0.2) is 19.9 Å². The summed E-state index contributed by atoms with van der Waals surface area (Å²) in [7, 11) is 0. The van der Waals surface area contributed by atoms with Crippen LogP contribution in [0.5, 0.6) is 0 Å². The smallest absolute Gasteiger partial charge is 0.165 e. The number of thiazole rings is 1. The maximum atomic E-state index is 5.22. The predicted octanol–water partition coefficient (Wildman–Crippen LogP) is 15.2. The van der Waals surface area contributed by atoms with Crippen LogP contribution in [0.4, 0.5) is 0 Å². The van der Waals surface area contributed by atoms with Gasteiger partial charge in [-0.1, -0.05) is 166 Å². The van der Waals surface area contributed by atoms with Crippen LogP contribution >= 0.6 is 22.7 Å². The van der Waals surface area contributed by atoms with Gasteiger partial charge in [-0.3, -0.25) is 0 Å². The van der Waals surface area contributed by atoms with Crippen LogP contribution in [0.25, 0.3) is 109 Å². The Morgan fingerprint density at radius 3 is 1.80 bits per heavy atom. The normalized spacial score (nSPS) is 12.9. The van der Waals surface area contributed by atoms with Crippen molar-refractivity contribution < 1.29 is 0 Å². The highest BCUT2D eigenvalue weighted by Crippen LogP contribution is 2.53. The van der Waals surface area contributed by atoms with Crippen molar-refractivity contribution in [2.45, 2.75) is 19.3 Å². The van der Waals surface area contributed by atoms with Gasteiger partial charge in [0.1, 0.15) is 5.01 Å². The lowest BCUT2D eigenvalue weighted by Gasteiger charge is -2.22. The van der Waals surface area contributed by atoms with E-state index in [0.717, 1.165) is 49.5 Å². The third-order valence-corrected chi connectivity index (χ3v) is 14.6. The van der Waals surface area contributed by atoms with E-state index in [9.17, 15) is 0 Å². The van der Waals surface area contributed by atoms with E-state index in [-0.39, 0.29) is 5.41 Å². The van der Waals surface area contributed by atoms with Crippen molar-refractivity contribution in [3.8, 4) is 78.1 Å². The second-order valence-electron chi connectivity index (χ2n) is 16.2. The van der Waals surface area contributed by atoms with E-state index >= 15 is 0 Å². The summed E-state index contributed by atoms with van der Waals surface area (Å²) in [6.07, 6.45) is 0. The van der Waals surface area contributed by atoms with Crippen molar-refractivity contribution in [3.63, 3.8) is 0 Å². The van der Waals surface area contributed by atoms with Crippen LogP contribution in [0.2, 0.25) is 0 Å². The summed E-state index contributed by atoms with van der Waals surface area (Å²) in [5.41, 5.74) is 14.9. The molecule has 0 unspecified atom stereocenters. The van der Waals surface area contributed by atoms with Gasteiger partial charge in [-0.05, 0) is 69.3 Å². The van der Waals surface area contributed by atoms with Crippen LogP contribution in [0.1, 0.15) is 25.0 Å². The van der Waals surface area contributed by atoms with E-state index in [1.165, 1.54) is 52.7 Å². The Balaban J connectivity index is 0.946. The first-order valence-corrected chi connectivity index (χ1v) is 22.2. The molecule has 4 nitrogen and oxygen atoms in total. The Bertz CT molecular complexity index is 3490. The summed E-state index contributed by atoms with van der Waals surface area (Å²) in [6, 6.07) is 64.6. The molecule has 0 saturated heterocycles. The SMILES string of the molecule is CC1(C)c2cc(-c3ccc(-c4nc(-c5cccc(-c6ccccc6)c5)nc(-c5cccc6c5sc5ccccc56)n4)cc3)ccc2-c2c1ccc1nc(-c3ccccc3)sc21. The maximum absolute atomic E-state index is 5.22. The molecule has 0 bridgehead atoms. The molecule has 6 heteroatoms. The number of rotatable bonds is 6.